The van der Waals surface area contributed by atoms with Gasteiger partial charge in [0.25, 0.3) is 5.91 Å². The summed E-state index contributed by atoms with van der Waals surface area (Å²) >= 11 is 0. The Labute approximate surface area is 152 Å². The smallest absolute Gasteiger partial charge is 0.276 e. The summed E-state index contributed by atoms with van der Waals surface area (Å²) < 4.78 is 10.8. The second-order valence-corrected chi connectivity index (χ2v) is 7.16. The maximum atomic E-state index is 13.0. The molecule has 7 nitrogen and oxygen atoms in total. The zero-order chi connectivity index (χ0) is 18.1. The molecule has 26 heavy (non-hydrogen) atoms. The number of amides is 1. The molecule has 0 bridgehead atoms. The van der Waals surface area contributed by atoms with Crippen molar-refractivity contribution in [1.82, 2.24) is 19.9 Å². The van der Waals surface area contributed by atoms with Gasteiger partial charge in [-0.3, -0.25) is 14.7 Å². The first kappa shape index (κ1) is 17.2. The van der Waals surface area contributed by atoms with Crippen molar-refractivity contribution in [2.45, 2.75) is 32.0 Å². The zero-order valence-electron chi connectivity index (χ0n) is 15.2. The minimum atomic E-state index is -0.0443. The number of piperidine rings is 1. The van der Waals surface area contributed by atoms with Gasteiger partial charge in [-0.15, -0.1) is 0 Å². The normalized spacial score (nSPS) is 26.1. The van der Waals surface area contributed by atoms with Gasteiger partial charge in [-0.1, -0.05) is 5.16 Å². The third-order valence-corrected chi connectivity index (χ3v) is 5.51. The Morgan fingerprint density at radius 2 is 2.15 bits per heavy atom. The maximum Gasteiger partial charge on any atom is 0.276 e. The largest absolute Gasteiger partial charge is 0.381 e. The molecule has 0 spiro atoms. The Bertz CT molecular complexity index is 763. The first-order chi connectivity index (χ1) is 12.7. The van der Waals surface area contributed by atoms with Gasteiger partial charge in [0.05, 0.1) is 12.1 Å². The quantitative estimate of drug-likeness (QED) is 0.831. The summed E-state index contributed by atoms with van der Waals surface area (Å²) in [7, 11) is 1.77. The number of likely N-dealkylation sites (tertiary alicyclic amines) is 2. The first-order valence-corrected chi connectivity index (χ1v) is 9.04. The molecule has 2 fully saturated rings. The molecule has 1 amide bonds. The minimum Gasteiger partial charge on any atom is -0.381 e. The van der Waals surface area contributed by atoms with Crippen LogP contribution in [0.2, 0.25) is 0 Å². The van der Waals surface area contributed by atoms with Gasteiger partial charge >= 0.3 is 0 Å². The molecule has 0 N–H and O–H groups in total. The van der Waals surface area contributed by atoms with E-state index < -0.39 is 0 Å². The van der Waals surface area contributed by atoms with Crippen LogP contribution in [0.3, 0.4) is 0 Å². The monoisotopic (exact) mass is 356 g/mol. The van der Waals surface area contributed by atoms with Crippen LogP contribution in [0.25, 0.3) is 0 Å². The van der Waals surface area contributed by atoms with Gasteiger partial charge in [0.15, 0.2) is 5.69 Å². The molecule has 2 saturated heterocycles. The topological polar surface area (TPSA) is 71.7 Å². The molecule has 2 aliphatic heterocycles. The van der Waals surface area contributed by atoms with Crippen molar-refractivity contribution in [2.75, 3.05) is 26.7 Å². The van der Waals surface area contributed by atoms with Crippen LogP contribution in [-0.4, -0.2) is 64.7 Å². The molecule has 7 heteroatoms. The van der Waals surface area contributed by atoms with Gasteiger partial charge in [-0.2, -0.15) is 0 Å². The van der Waals surface area contributed by atoms with E-state index >= 15 is 0 Å². The highest BCUT2D eigenvalue weighted by molar-refractivity contribution is 5.92. The van der Waals surface area contributed by atoms with Crippen LogP contribution in [0.5, 0.6) is 0 Å². The molecule has 2 aromatic rings. The van der Waals surface area contributed by atoms with Crippen LogP contribution in [-0.2, 0) is 11.3 Å². The van der Waals surface area contributed by atoms with Gasteiger partial charge in [0, 0.05) is 57.7 Å². The predicted octanol–water partition coefficient (Wildman–Crippen LogP) is 1.74. The lowest BCUT2D eigenvalue weighted by Crippen LogP contribution is -2.53. The summed E-state index contributed by atoms with van der Waals surface area (Å²) in [5.41, 5.74) is 1.63. The molecule has 0 saturated carbocycles. The molecule has 2 aliphatic rings. The van der Waals surface area contributed by atoms with Crippen molar-refractivity contribution in [3.8, 4) is 0 Å². The summed E-state index contributed by atoms with van der Waals surface area (Å²) in [6.07, 6.45) is 4.67. The number of hydrogen-bond donors (Lipinski definition) is 0. The Kier molecular flexibility index (Phi) is 4.74. The lowest BCUT2D eigenvalue weighted by Gasteiger charge is -2.40. The zero-order valence-corrected chi connectivity index (χ0v) is 15.2. The van der Waals surface area contributed by atoms with Crippen LogP contribution < -0.4 is 0 Å². The molecule has 0 unspecified atom stereocenters. The van der Waals surface area contributed by atoms with Crippen LogP contribution in [0.4, 0.5) is 0 Å². The van der Waals surface area contributed by atoms with Gasteiger partial charge < -0.3 is 14.2 Å². The van der Waals surface area contributed by atoms with Crippen molar-refractivity contribution >= 4 is 5.91 Å². The van der Waals surface area contributed by atoms with E-state index in [2.05, 4.69) is 15.0 Å². The van der Waals surface area contributed by atoms with Gasteiger partial charge in [0.2, 0.25) is 0 Å². The second kappa shape index (κ2) is 7.17. The molecule has 3 atom stereocenters. The Morgan fingerprint density at radius 3 is 2.85 bits per heavy atom. The van der Waals surface area contributed by atoms with Crippen molar-refractivity contribution in [2.24, 2.45) is 5.92 Å². The SMILES string of the molecule is CO[C@@H]1CCN(C(=O)c2cc(C)on2)[C@H]2CN(Cc3ccncc3)C[C@@H]12. The molecule has 0 aliphatic carbocycles. The van der Waals surface area contributed by atoms with E-state index in [1.54, 1.807) is 20.1 Å². The average Bonchev–Trinajstić information content (AvgIpc) is 3.27. The third-order valence-electron chi connectivity index (χ3n) is 5.51. The number of aryl methyl sites for hydroxylation is 1. The molecule has 4 rings (SSSR count). The molecular weight excluding hydrogens is 332 g/mol. The molecule has 2 aromatic heterocycles. The van der Waals surface area contributed by atoms with Gasteiger partial charge in [0.1, 0.15) is 5.76 Å². The fraction of sp³-hybridized carbons (Fsp3) is 0.526. The number of carbonyl (C=O) groups excluding carboxylic acids is 1. The second-order valence-electron chi connectivity index (χ2n) is 7.16. The number of methoxy groups -OCH3 is 1. The Balaban J connectivity index is 1.52. The van der Waals surface area contributed by atoms with E-state index in [0.29, 0.717) is 23.9 Å². The maximum absolute atomic E-state index is 13.0. The lowest BCUT2D eigenvalue weighted by molar-refractivity contribution is -0.0159. The van der Waals surface area contributed by atoms with E-state index in [9.17, 15) is 4.79 Å². The van der Waals surface area contributed by atoms with Crippen molar-refractivity contribution in [3.05, 3.63) is 47.6 Å². The summed E-state index contributed by atoms with van der Waals surface area (Å²) in [6, 6.07) is 5.93. The highest BCUT2D eigenvalue weighted by Gasteiger charge is 2.46. The fourth-order valence-electron chi connectivity index (χ4n) is 4.27. The molecule has 0 radical (unpaired) electrons. The fourth-order valence-corrected chi connectivity index (χ4v) is 4.27. The van der Waals surface area contributed by atoms with Gasteiger partial charge in [-0.05, 0) is 31.0 Å². The van der Waals surface area contributed by atoms with E-state index in [0.717, 1.165) is 26.1 Å². The number of fused-ring (bicyclic) bond motifs is 1. The van der Waals surface area contributed by atoms with Crippen molar-refractivity contribution in [3.63, 3.8) is 0 Å². The number of pyridine rings is 1. The molecule has 138 valence electrons. The number of hydrogen-bond acceptors (Lipinski definition) is 6. The highest BCUT2D eigenvalue weighted by atomic mass is 16.5. The van der Waals surface area contributed by atoms with E-state index in [4.69, 9.17) is 9.26 Å². The van der Waals surface area contributed by atoms with E-state index in [1.807, 2.05) is 29.4 Å². The van der Waals surface area contributed by atoms with E-state index in [-0.39, 0.29) is 18.1 Å². The molecule has 0 aromatic carbocycles. The summed E-state index contributed by atoms with van der Waals surface area (Å²) in [6.45, 7) is 5.11. The minimum absolute atomic E-state index is 0.0443. The number of rotatable bonds is 4. The molecule has 4 heterocycles. The molecular formula is C19H24N4O3. The lowest BCUT2D eigenvalue weighted by atomic mass is 9.88. The van der Waals surface area contributed by atoms with Crippen LogP contribution in [0.15, 0.2) is 35.1 Å². The number of aromatic nitrogens is 2. The predicted molar refractivity (Wildman–Crippen MR) is 94.5 cm³/mol. The van der Waals surface area contributed by atoms with Crippen LogP contribution >= 0.6 is 0 Å². The first-order valence-electron chi connectivity index (χ1n) is 9.04. The number of ether oxygens (including phenoxy) is 1. The van der Waals surface area contributed by atoms with Crippen molar-refractivity contribution < 1.29 is 14.1 Å². The van der Waals surface area contributed by atoms with Crippen LogP contribution in [0, 0.1) is 12.8 Å². The average molecular weight is 356 g/mol. The Hall–Kier alpha value is -2.25. The third kappa shape index (κ3) is 3.24. The number of carbonyl (C=O) groups is 1. The summed E-state index contributed by atoms with van der Waals surface area (Å²) in [4.78, 5) is 21.4. The highest BCUT2D eigenvalue weighted by Crippen LogP contribution is 2.34. The summed E-state index contributed by atoms with van der Waals surface area (Å²) in [5, 5.41) is 3.91. The van der Waals surface area contributed by atoms with E-state index in [1.165, 1.54) is 5.56 Å². The van der Waals surface area contributed by atoms with Crippen LogP contribution in [0.1, 0.15) is 28.2 Å². The van der Waals surface area contributed by atoms with Crippen molar-refractivity contribution in [1.29, 1.82) is 0 Å². The number of nitrogens with zero attached hydrogens (tertiary/aromatic N) is 4. The standard InChI is InChI=1S/C19H24N4O3/c1-13-9-16(21-26-13)19(24)23-8-5-18(25-2)15-11-22(12-17(15)23)10-14-3-6-20-7-4-14/h3-4,6-7,9,15,17-18H,5,8,10-12H2,1-2H3/t15-,17+,18-/m1/s1. The summed E-state index contributed by atoms with van der Waals surface area (Å²) in [5.74, 6) is 0.923. The van der Waals surface area contributed by atoms with Gasteiger partial charge in [-0.25, -0.2) is 0 Å². The Morgan fingerprint density at radius 1 is 1.35 bits per heavy atom.